The highest BCUT2D eigenvalue weighted by atomic mass is 35.5. The van der Waals surface area contributed by atoms with E-state index in [2.05, 4.69) is 5.32 Å². The number of halogens is 3. The van der Waals surface area contributed by atoms with Crippen molar-refractivity contribution in [3.05, 3.63) is 123 Å². The van der Waals surface area contributed by atoms with Gasteiger partial charge in [0, 0.05) is 34.1 Å². The van der Waals surface area contributed by atoms with Crippen LogP contribution >= 0.6 is 34.8 Å². The monoisotopic (exact) mass is 729 g/mol. The number of rotatable bonds is 15. The Bertz CT molecular complexity index is 1790. The number of benzene rings is 4. The second kappa shape index (κ2) is 17.1. The molecule has 0 saturated heterocycles. The summed E-state index contributed by atoms with van der Waals surface area (Å²) in [7, 11) is -4.30. The lowest BCUT2D eigenvalue weighted by Gasteiger charge is -2.34. The molecule has 4 rings (SSSR count). The lowest BCUT2D eigenvalue weighted by molar-refractivity contribution is -0.140. The van der Waals surface area contributed by atoms with E-state index in [9.17, 15) is 18.0 Å². The van der Waals surface area contributed by atoms with E-state index in [4.69, 9.17) is 39.5 Å². The van der Waals surface area contributed by atoms with Crippen LogP contribution in [0, 0.1) is 0 Å². The number of nitrogens with one attached hydrogen (secondary N) is 1. The van der Waals surface area contributed by atoms with Crippen LogP contribution in [0.2, 0.25) is 15.1 Å². The molecule has 0 radical (unpaired) electrons. The number of carbonyl (C=O) groups is 2. The number of hydrogen-bond donors (Lipinski definition) is 1. The van der Waals surface area contributed by atoms with Gasteiger partial charge in [0.05, 0.1) is 17.2 Å². The third-order valence-electron chi connectivity index (χ3n) is 7.74. The molecule has 0 fully saturated rings. The molecule has 12 heteroatoms. The molecule has 0 aliphatic heterocycles. The summed E-state index contributed by atoms with van der Waals surface area (Å²) in [6.07, 6.45) is 0.846. The maximum absolute atomic E-state index is 14.6. The first-order valence-corrected chi connectivity index (χ1v) is 18.1. The zero-order valence-corrected chi connectivity index (χ0v) is 30.0. The van der Waals surface area contributed by atoms with Crippen LogP contribution in [0.4, 0.5) is 5.69 Å². The van der Waals surface area contributed by atoms with Gasteiger partial charge in [-0.3, -0.25) is 13.9 Å². The number of amides is 2. The summed E-state index contributed by atoms with van der Waals surface area (Å²) < 4.78 is 35.0. The molecule has 4 aromatic carbocycles. The van der Waals surface area contributed by atoms with Crippen molar-refractivity contribution in [2.45, 2.75) is 57.1 Å². The van der Waals surface area contributed by atoms with Gasteiger partial charge in [-0.25, -0.2) is 8.42 Å². The molecule has 4 aromatic rings. The van der Waals surface area contributed by atoms with Gasteiger partial charge in [-0.15, -0.1) is 0 Å². The molecular formula is C36H38Cl3N3O5S. The molecular weight excluding hydrogens is 693 g/mol. The van der Waals surface area contributed by atoms with Crippen molar-refractivity contribution >= 4 is 62.3 Å². The standard InChI is InChI=1S/C36H38Cl3N3O5S/c1-4-25(3)40-36(44)34(21-26-9-7-6-8-10-26)41(23-27-11-12-29(38)22-33(27)39)35(43)24-42(30-15-17-31(18-16-30)47-5-2)48(45,46)32-19-13-28(37)14-20-32/h6-20,22,25,34H,4-5,21,23-24H2,1-3H3,(H,40,44)/t25-,34-/m1/s1. The van der Waals surface area contributed by atoms with Crippen molar-refractivity contribution in [1.29, 1.82) is 0 Å². The smallest absolute Gasteiger partial charge is 0.264 e. The topological polar surface area (TPSA) is 96.0 Å². The Morgan fingerprint density at radius 1 is 0.854 bits per heavy atom. The minimum absolute atomic E-state index is 0.0590. The van der Waals surface area contributed by atoms with Gasteiger partial charge in [0.15, 0.2) is 0 Å². The molecule has 0 heterocycles. The Labute approximate surface area is 297 Å². The fourth-order valence-corrected chi connectivity index (χ4v) is 6.97. The van der Waals surface area contributed by atoms with Crippen molar-refractivity contribution in [2.75, 3.05) is 17.5 Å². The maximum atomic E-state index is 14.6. The third kappa shape index (κ3) is 9.66. The van der Waals surface area contributed by atoms with Crippen LogP contribution in [0.15, 0.2) is 102 Å². The van der Waals surface area contributed by atoms with Gasteiger partial charge in [-0.2, -0.15) is 0 Å². The summed E-state index contributed by atoms with van der Waals surface area (Å²) in [6.45, 7) is 5.39. The van der Waals surface area contributed by atoms with E-state index in [-0.39, 0.29) is 35.5 Å². The highest BCUT2D eigenvalue weighted by Crippen LogP contribution is 2.29. The molecule has 48 heavy (non-hydrogen) atoms. The van der Waals surface area contributed by atoms with E-state index in [1.807, 2.05) is 51.1 Å². The van der Waals surface area contributed by atoms with Crippen molar-refractivity contribution in [1.82, 2.24) is 10.2 Å². The van der Waals surface area contributed by atoms with Gasteiger partial charge >= 0.3 is 0 Å². The molecule has 0 saturated carbocycles. The van der Waals surface area contributed by atoms with Crippen LogP contribution in [0.25, 0.3) is 0 Å². The molecule has 2 atom stereocenters. The summed E-state index contributed by atoms with van der Waals surface area (Å²) in [5.74, 6) is -0.451. The first-order chi connectivity index (χ1) is 22.9. The normalized spacial score (nSPS) is 12.5. The summed E-state index contributed by atoms with van der Waals surface area (Å²) in [5, 5.41) is 4.09. The zero-order chi connectivity index (χ0) is 34.8. The Morgan fingerprint density at radius 3 is 2.10 bits per heavy atom. The van der Waals surface area contributed by atoms with Gasteiger partial charge in [0.1, 0.15) is 18.3 Å². The highest BCUT2D eigenvalue weighted by molar-refractivity contribution is 7.92. The van der Waals surface area contributed by atoms with Crippen LogP contribution in [0.5, 0.6) is 5.75 Å². The molecule has 0 unspecified atom stereocenters. The van der Waals surface area contributed by atoms with Gasteiger partial charge in [-0.1, -0.05) is 78.1 Å². The van der Waals surface area contributed by atoms with Crippen LogP contribution in [-0.2, 0) is 32.6 Å². The molecule has 0 bridgehead atoms. The largest absolute Gasteiger partial charge is 0.494 e. The summed E-state index contributed by atoms with van der Waals surface area (Å²) >= 11 is 18.8. The van der Waals surface area contributed by atoms with Crippen molar-refractivity contribution in [3.63, 3.8) is 0 Å². The molecule has 1 N–H and O–H groups in total. The SMILES string of the molecule is CCOc1ccc(N(CC(=O)N(Cc2ccc(Cl)cc2Cl)[C@H](Cc2ccccc2)C(=O)N[C@H](C)CC)S(=O)(=O)c2ccc(Cl)cc2)cc1. The van der Waals surface area contributed by atoms with E-state index in [0.717, 1.165) is 9.87 Å². The molecule has 0 aliphatic rings. The average Bonchev–Trinajstić information content (AvgIpc) is 3.07. The van der Waals surface area contributed by atoms with Gasteiger partial charge < -0.3 is 15.0 Å². The number of nitrogens with zero attached hydrogens (tertiary/aromatic N) is 2. The number of hydrogen-bond acceptors (Lipinski definition) is 5. The molecule has 0 aliphatic carbocycles. The highest BCUT2D eigenvalue weighted by Gasteiger charge is 2.35. The number of sulfonamides is 1. The summed E-state index contributed by atoms with van der Waals surface area (Å²) in [5.41, 5.74) is 1.59. The minimum Gasteiger partial charge on any atom is -0.494 e. The minimum atomic E-state index is -4.30. The summed E-state index contributed by atoms with van der Waals surface area (Å²) in [4.78, 5) is 29.9. The van der Waals surface area contributed by atoms with E-state index in [1.54, 1.807) is 42.5 Å². The molecule has 254 valence electrons. The molecule has 8 nitrogen and oxygen atoms in total. The van der Waals surface area contributed by atoms with Crippen LogP contribution in [0.1, 0.15) is 38.3 Å². The fraction of sp³-hybridized carbons (Fsp3) is 0.278. The summed E-state index contributed by atoms with van der Waals surface area (Å²) in [6, 6.07) is 25.2. The van der Waals surface area contributed by atoms with Crippen molar-refractivity contribution in [3.8, 4) is 5.75 Å². The first-order valence-electron chi connectivity index (χ1n) is 15.5. The lowest BCUT2D eigenvalue weighted by atomic mass is 10.0. The second-order valence-electron chi connectivity index (χ2n) is 11.2. The Kier molecular flexibility index (Phi) is 13.2. The van der Waals surface area contributed by atoms with Gasteiger partial charge in [-0.05, 0) is 92.1 Å². The van der Waals surface area contributed by atoms with E-state index < -0.39 is 28.5 Å². The van der Waals surface area contributed by atoms with Crippen LogP contribution in [-0.4, -0.2) is 50.4 Å². The predicted molar refractivity (Wildman–Crippen MR) is 192 cm³/mol. The van der Waals surface area contributed by atoms with Crippen LogP contribution in [0.3, 0.4) is 0 Å². The lowest BCUT2D eigenvalue weighted by Crippen LogP contribution is -2.54. The van der Waals surface area contributed by atoms with Crippen molar-refractivity contribution in [2.24, 2.45) is 0 Å². The number of carbonyl (C=O) groups excluding carboxylic acids is 2. The average molecular weight is 731 g/mol. The first kappa shape index (κ1) is 37.1. The molecule has 0 aromatic heterocycles. The predicted octanol–water partition coefficient (Wildman–Crippen LogP) is 7.80. The van der Waals surface area contributed by atoms with Crippen LogP contribution < -0.4 is 14.4 Å². The van der Waals surface area contributed by atoms with E-state index >= 15 is 0 Å². The van der Waals surface area contributed by atoms with Gasteiger partial charge in [0.2, 0.25) is 11.8 Å². The second-order valence-corrected chi connectivity index (χ2v) is 14.3. The van der Waals surface area contributed by atoms with Crippen molar-refractivity contribution < 1.29 is 22.7 Å². The Hall–Kier alpha value is -3.76. The fourth-order valence-electron chi connectivity index (χ4n) is 4.97. The Balaban J connectivity index is 1.83. The Morgan fingerprint density at radius 2 is 1.50 bits per heavy atom. The van der Waals surface area contributed by atoms with E-state index in [1.165, 1.54) is 29.2 Å². The number of ether oxygens (including phenoxy) is 1. The third-order valence-corrected chi connectivity index (χ3v) is 10.4. The quantitative estimate of drug-likeness (QED) is 0.135. The maximum Gasteiger partial charge on any atom is 0.264 e. The molecule has 0 spiro atoms. The van der Waals surface area contributed by atoms with Gasteiger partial charge in [0.25, 0.3) is 10.0 Å². The molecule has 2 amide bonds. The zero-order valence-electron chi connectivity index (χ0n) is 26.9. The van der Waals surface area contributed by atoms with E-state index in [0.29, 0.717) is 39.4 Å². The number of anilines is 1.